The minimum absolute atomic E-state index is 0.00558. The van der Waals surface area contributed by atoms with Crippen molar-refractivity contribution < 1.29 is 14.6 Å². The van der Waals surface area contributed by atoms with Crippen LogP contribution in [0.5, 0.6) is 17.2 Å². The Morgan fingerprint density at radius 1 is 1.13 bits per heavy atom. The Bertz CT molecular complexity index is 1180. The number of nitriles is 1. The summed E-state index contributed by atoms with van der Waals surface area (Å²) >= 11 is 0. The molecule has 0 aromatic heterocycles. The zero-order valence-electron chi connectivity index (χ0n) is 16.2. The fraction of sp³-hybridized carbons (Fsp3) is 0.0833. The summed E-state index contributed by atoms with van der Waals surface area (Å²) in [5.41, 5.74) is 9.19. The van der Waals surface area contributed by atoms with Crippen LogP contribution in [-0.4, -0.2) is 18.4 Å². The number of hydrogen-bond donors (Lipinski definition) is 2. The predicted octanol–water partition coefficient (Wildman–Crippen LogP) is 4.37. The van der Waals surface area contributed by atoms with Crippen LogP contribution < -0.4 is 15.2 Å². The molecular weight excluding hydrogens is 378 g/mol. The van der Waals surface area contributed by atoms with Gasteiger partial charge in [0.2, 0.25) is 5.88 Å². The first-order valence-electron chi connectivity index (χ1n) is 9.28. The van der Waals surface area contributed by atoms with Gasteiger partial charge in [0.15, 0.2) is 0 Å². The van der Waals surface area contributed by atoms with Crippen LogP contribution in [0.3, 0.4) is 0 Å². The van der Waals surface area contributed by atoms with Crippen LogP contribution in [0.15, 0.2) is 83.2 Å². The quantitative estimate of drug-likeness (QED) is 0.637. The largest absolute Gasteiger partial charge is 0.507 e. The normalized spacial score (nSPS) is 15.4. The Kier molecular flexibility index (Phi) is 5.10. The number of fused-ring (bicyclic) bond motifs is 1. The fourth-order valence-electron chi connectivity index (χ4n) is 3.42. The molecule has 30 heavy (non-hydrogen) atoms. The van der Waals surface area contributed by atoms with Gasteiger partial charge in [0.1, 0.15) is 28.9 Å². The molecule has 0 fully saturated rings. The van der Waals surface area contributed by atoms with Gasteiger partial charge in [0, 0.05) is 23.4 Å². The van der Waals surface area contributed by atoms with Gasteiger partial charge in [-0.15, -0.1) is 0 Å². The molecule has 1 atom stereocenters. The van der Waals surface area contributed by atoms with E-state index in [2.05, 4.69) is 11.1 Å². The van der Waals surface area contributed by atoms with Crippen LogP contribution in [0.25, 0.3) is 0 Å². The number of ether oxygens (including phenoxy) is 2. The minimum Gasteiger partial charge on any atom is -0.507 e. The lowest BCUT2D eigenvalue weighted by atomic mass is 9.83. The van der Waals surface area contributed by atoms with E-state index in [1.54, 1.807) is 19.4 Å². The van der Waals surface area contributed by atoms with E-state index < -0.39 is 5.92 Å². The molecule has 0 aliphatic carbocycles. The summed E-state index contributed by atoms with van der Waals surface area (Å²) in [4.78, 5) is 4.43. The van der Waals surface area contributed by atoms with Gasteiger partial charge >= 0.3 is 0 Å². The number of methoxy groups -OCH3 is 1. The van der Waals surface area contributed by atoms with Gasteiger partial charge in [0.05, 0.1) is 18.7 Å². The lowest BCUT2D eigenvalue weighted by Gasteiger charge is -2.27. The molecule has 0 amide bonds. The van der Waals surface area contributed by atoms with Gasteiger partial charge in [-0.1, -0.05) is 30.3 Å². The number of nitrogens with two attached hydrogens (primary N) is 1. The molecule has 1 aliphatic heterocycles. The summed E-state index contributed by atoms with van der Waals surface area (Å²) in [5, 5.41) is 20.2. The fourth-order valence-corrected chi connectivity index (χ4v) is 3.42. The molecule has 0 bridgehead atoms. The highest BCUT2D eigenvalue weighted by atomic mass is 16.5. The number of aromatic hydroxyl groups is 1. The summed E-state index contributed by atoms with van der Waals surface area (Å²) < 4.78 is 10.8. The van der Waals surface area contributed by atoms with Crippen LogP contribution >= 0.6 is 0 Å². The Hall–Kier alpha value is -4.24. The van der Waals surface area contributed by atoms with Crippen molar-refractivity contribution in [3.8, 4) is 23.3 Å². The number of hydrogen-bond acceptors (Lipinski definition) is 6. The standard InChI is InChI=1S/C24H19N3O3/c1-29-18-9-7-17(8-10-18)27-14-16-11-19-22(12-21(16)28)30-24(26)20(13-25)23(19)15-5-3-2-4-6-15/h2-12,14,23,28H,26H2,1H3/t23-/m0/s1. The molecule has 6 heteroatoms. The van der Waals surface area contributed by atoms with Gasteiger partial charge in [-0.25, -0.2) is 0 Å². The molecule has 148 valence electrons. The summed E-state index contributed by atoms with van der Waals surface area (Å²) in [6.45, 7) is 0. The molecule has 3 aromatic carbocycles. The second-order valence-corrected chi connectivity index (χ2v) is 6.74. The van der Waals surface area contributed by atoms with E-state index in [-0.39, 0.29) is 11.6 Å². The third-order valence-electron chi connectivity index (χ3n) is 4.92. The van der Waals surface area contributed by atoms with Crippen LogP contribution in [-0.2, 0) is 0 Å². The van der Waals surface area contributed by atoms with Gasteiger partial charge in [-0.05, 0) is 35.9 Å². The maximum atomic E-state index is 10.5. The molecular formula is C24H19N3O3. The molecule has 0 radical (unpaired) electrons. The molecule has 3 aromatic rings. The lowest BCUT2D eigenvalue weighted by molar-refractivity contribution is 0.388. The Morgan fingerprint density at radius 2 is 1.87 bits per heavy atom. The van der Waals surface area contributed by atoms with E-state index in [9.17, 15) is 10.4 Å². The zero-order chi connectivity index (χ0) is 21.1. The number of benzene rings is 3. The highest BCUT2D eigenvalue weighted by Gasteiger charge is 2.31. The number of nitrogens with zero attached hydrogens (tertiary/aromatic N) is 2. The van der Waals surface area contributed by atoms with Gasteiger partial charge in [-0.2, -0.15) is 5.26 Å². The van der Waals surface area contributed by atoms with E-state index in [0.29, 0.717) is 22.6 Å². The number of phenols is 1. The molecule has 6 nitrogen and oxygen atoms in total. The molecule has 0 unspecified atom stereocenters. The summed E-state index contributed by atoms with van der Waals surface area (Å²) in [6.07, 6.45) is 1.58. The molecule has 0 saturated heterocycles. The second-order valence-electron chi connectivity index (χ2n) is 6.74. The topological polar surface area (TPSA) is 101 Å². The number of phenolic OH excluding ortho intramolecular Hbond substituents is 1. The number of rotatable bonds is 4. The van der Waals surface area contributed by atoms with Crippen molar-refractivity contribution >= 4 is 11.9 Å². The maximum absolute atomic E-state index is 10.5. The summed E-state index contributed by atoms with van der Waals surface area (Å²) in [5.74, 6) is 0.805. The van der Waals surface area contributed by atoms with Gasteiger partial charge in [0.25, 0.3) is 0 Å². The van der Waals surface area contributed by atoms with Crippen molar-refractivity contribution in [3.05, 3.63) is 94.9 Å². The van der Waals surface area contributed by atoms with E-state index in [1.165, 1.54) is 6.07 Å². The molecule has 0 saturated carbocycles. The SMILES string of the molecule is COc1ccc(N=Cc2cc3c(cc2O)OC(N)=C(C#N)[C@H]3c2ccccc2)cc1. The first kappa shape index (κ1) is 19.1. The zero-order valence-corrected chi connectivity index (χ0v) is 16.2. The highest BCUT2D eigenvalue weighted by molar-refractivity contribution is 5.86. The monoisotopic (exact) mass is 397 g/mol. The number of aliphatic imine (C=N–C) groups is 1. The molecule has 1 aliphatic rings. The Labute approximate surface area is 174 Å². The predicted molar refractivity (Wildman–Crippen MR) is 114 cm³/mol. The number of allylic oxidation sites excluding steroid dienone is 1. The van der Waals surface area contributed by atoms with E-state index >= 15 is 0 Å². The maximum Gasteiger partial charge on any atom is 0.205 e. The van der Waals surface area contributed by atoms with Crippen LogP contribution in [0.4, 0.5) is 5.69 Å². The lowest BCUT2D eigenvalue weighted by Crippen LogP contribution is -2.21. The first-order chi connectivity index (χ1) is 14.6. The smallest absolute Gasteiger partial charge is 0.205 e. The van der Waals surface area contributed by atoms with Gasteiger partial charge in [-0.3, -0.25) is 4.99 Å². The average Bonchev–Trinajstić information content (AvgIpc) is 2.78. The first-order valence-corrected chi connectivity index (χ1v) is 9.28. The Balaban J connectivity index is 1.77. The summed E-state index contributed by atoms with van der Waals surface area (Å²) in [6, 6.07) is 22.3. The van der Waals surface area contributed by atoms with Crippen LogP contribution in [0.2, 0.25) is 0 Å². The van der Waals surface area contributed by atoms with Crippen molar-refractivity contribution in [2.45, 2.75) is 5.92 Å². The van der Waals surface area contributed by atoms with Crippen molar-refractivity contribution in [1.82, 2.24) is 0 Å². The van der Waals surface area contributed by atoms with Crippen LogP contribution in [0.1, 0.15) is 22.6 Å². The van der Waals surface area contributed by atoms with Gasteiger partial charge < -0.3 is 20.3 Å². The molecule has 1 heterocycles. The average molecular weight is 397 g/mol. The van der Waals surface area contributed by atoms with Crippen molar-refractivity contribution in [1.29, 1.82) is 5.26 Å². The third-order valence-corrected chi connectivity index (χ3v) is 4.92. The third kappa shape index (κ3) is 3.56. The summed E-state index contributed by atoms with van der Waals surface area (Å²) in [7, 11) is 1.60. The van der Waals surface area contributed by atoms with Crippen molar-refractivity contribution in [2.24, 2.45) is 10.7 Å². The minimum atomic E-state index is -0.395. The highest BCUT2D eigenvalue weighted by Crippen LogP contribution is 2.44. The van der Waals surface area contributed by atoms with E-state index in [0.717, 1.165) is 16.9 Å². The van der Waals surface area contributed by atoms with E-state index in [4.69, 9.17) is 15.2 Å². The van der Waals surface area contributed by atoms with Crippen molar-refractivity contribution in [3.63, 3.8) is 0 Å². The second kappa shape index (κ2) is 8.02. The molecule has 4 rings (SSSR count). The Morgan fingerprint density at radius 3 is 2.53 bits per heavy atom. The van der Waals surface area contributed by atoms with E-state index in [1.807, 2.05) is 54.6 Å². The van der Waals surface area contributed by atoms with Crippen LogP contribution in [0, 0.1) is 11.3 Å². The molecule has 3 N–H and O–H groups in total. The molecule has 0 spiro atoms. The van der Waals surface area contributed by atoms with Crippen molar-refractivity contribution in [2.75, 3.05) is 7.11 Å².